The van der Waals surface area contributed by atoms with Crippen LogP contribution in [-0.2, 0) is 0 Å². The van der Waals surface area contributed by atoms with Gasteiger partial charge in [-0.1, -0.05) is 39.0 Å². The van der Waals surface area contributed by atoms with Crippen molar-refractivity contribution in [2.24, 2.45) is 5.41 Å². The van der Waals surface area contributed by atoms with Gasteiger partial charge in [0.05, 0.1) is 6.07 Å². The van der Waals surface area contributed by atoms with Gasteiger partial charge in [0.25, 0.3) is 0 Å². The summed E-state index contributed by atoms with van der Waals surface area (Å²) >= 11 is 0. The third-order valence-corrected chi connectivity index (χ3v) is 2.89. The van der Waals surface area contributed by atoms with Crippen LogP contribution in [0.15, 0.2) is 30.3 Å². The van der Waals surface area contributed by atoms with E-state index in [4.69, 9.17) is 0 Å². The normalized spacial score (nSPS) is 15.1. The number of nitriles is 1. The Balaban J connectivity index is 2.94. The number of para-hydroxylation sites is 1. The standard InChI is InChI=1S/C13H18N2/c1-12(2,3)13(4,10-14)15-11-8-6-5-7-9-11/h5-9,15H,1-4H3. The number of benzene rings is 1. The molecule has 1 rings (SSSR count). The molecule has 0 radical (unpaired) electrons. The van der Waals surface area contributed by atoms with Crippen molar-refractivity contribution in [3.63, 3.8) is 0 Å². The van der Waals surface area contributed by atoms with Crippen LogP contribution in [0.3, 0.4) is 0 Å². The van der Waals surface area contributed by atoms with E-state index < -0.39 is 5.54 Å². The molecule has 1 aromatic rings. The first-order valence-electron chi connectivity index (χ1n) is 5.13. The molecule has 0 saturated carbocycles. The highest BCUT2D eigenvalue weighted by Crippen LogP contribution is 2.32. The molecule has 0 aliphatic heterocycles. The Morgan fingerprint density at radius 2 is 1.60 bits per heavy atom. The third kappa shape index (κ3) is 2.50. The van der Waals surface area contributed by atoms with Gasteiger partial charge >= 0.3 is 0 Å². The molecular weight excluding hydrogens is 184 g/mol. The number of hydrogen-bond acceptors (Lipinski definition) is 2. The Hall–Kier alpha value is -1.49. The molecule has 1 atom stereocenters. The van der Waals surface area contributed by atoms with Crippen molar-refractivity contribution in [1.29, 1.82) is 5.26 Å². The topological polar surface area (TPSA) is 35.8 Å². The molecule has 1 aromatic carbocycles. The van der Waals surface area contributed by atoms with Gasteiger partial charge in [-0.25, -0.2) is 0 Å². The highest BCUT2D eigenvalue weighted by Gasteiger charge is 2.37. The number of hydrogen-bond donors (Lipinski definition) is 1. The molecule has 1 N–H and O–H groups in total. The molecule has 0 aliphatic rings. The van der Waals surface area contributed by atoms with Crippen LogP contribution in [0.4, 0.5) is 5.69 Å². The highest BCUT2D eigenvalue weighted by atomic mass is 15.0. The summed E-state index contributed by atoms with van der Waals surface area (Å²) in [4.78, 5) is 0. The zero-order valence-electron chi connectivity index (χ0n) is 9.83. The summed E-state index contributed by atoms with van der Waals surface area (Å²) < 4.78 is 0. The van der Waals surface area contributed by atoms with Crippen LogP contribution in [0.5, 0.6) is 0 Å². The van der Waals surface area contributed by atoms with Crippen molar-refractivity contribution in [3.05, 3.63) is 30.3 Å². The molecule has 2 nitrogen and oxygen atoms in total. The molecule has 0 saturated heterocycles. The van der Waals surface area contributed by atoms with Gasteiger partial charge < -0.3 is 5.32 Å². The number of anilines is 1. The highest BCUT2D eigenvalue weighted by molar-refractivity contribution is 5.47. The van der Waals surface area contributed by atoms with Crippen molar-refractivity contribution >= 4 is 5.69 Å². The summed E-state index contributed by atoms with van der Waals surface area (Å²) in [6, 6.07) is 12.2. The Kier molecular flexibility index (Phi) is 3.04. The fourth-order valence-electron chi connectivity index (χ4n) is 1.19. The van der Waals surface area contributed by atoms with E-state index in [-0.39, 0.29) is 5.41 Å². The van der Waals surface area contributed by atoms with Crippen molar-refractivity contribution in [2.75, 3.05) is 5.32 Å². The van der Waals surface area contributed by atoms with E-state index in [0.717, 1.165) is 5.69 Å². The number of nitrogens with zero attached hydrogens (tertiary/aromatic N) is 1. The molecule has 0 heterocycles. The Bertz CT molecular complexity index is 356. The van der Waals surface area contributed by atoms with Crippen molar-refractivity contribution < 1.29 is 0 Å². The maximum Gasteiger partial charge on any atom is 0.127 e. The number of nitrogens with one attached hydrogen (secondary N) is 1. The van der Waals surface area contributed by atoms with Gasteiger partial charge in [-0.3, -0.25) is 0 Å². The lowest BCUT2D eigenvalue weighted by Gasteiger charge is -2.37. The largest absolute Gasteiger partial charge is 0.367 e. The van der Waals surface area contributed by atoms with Gasteiger partial charge in [0.15, 0.2) is 0 Å². The lowest BCUT2D eigenvalue weighted by molar-refractivity contribution is 0.293. The monoisotopic (exact) mass is 202 g/mol. The first-order valence-corrected chi connectivity index (χ1v) is 5.13. The molecule has 0 bridgehead atoms. The molecule has 0 amide bonds. The maximum absolute atomic E-state index is 9.27. The minimum atomic E-state index is -0.561. The van der Waals surface area contributed by atoms with Crippen molar-refractivity contribution in [1.82, 2.24) is 0 Å². The zero-order chi connectivity index (χ0) is 11.5. The smallest absolute Gasteiger partial charge is 0.127 e. The van der Waals surface area contributed by atoms with E-state index in [0.29, 0.717) is 0 Å². The second-order valence-corrected chi connectivity index (χ2v) is 4.98. The van der Waals surface area contributed by atoms with E-state index >= 15 is 0 Å². The van der Waals surface area contributed by atoms with Gasteiger partial charge in [0.1, 0.15) is 5.54 Å². The van der Waals surface area contributed by atoms with E-state index in [9.17, 15) is 5.26 Å². The van der Waals surface area contributed by atoms with Crippen LogP contribution in [0.1, 0.15) is 27.7 Å². The van der Waals surface area contributed by atoms with Crippen LogP contribution in [0.25, 0.3) is 0 Å². The molecule has 0 fully saturated rings. The molecule has 1 unspecified atom stereocenters. The van der Waals surface area contributed by atoms with Gasteiger partial charge in [0, 0.05) is 5.69 Å². The lowest BCUT2D eigenvalue weighted by atomic mass is 9.76. The van der Waals surface area contributed by atoms with Gasteiger partial charge in [-0.2, -0.15) is 5.26 Å². The average molecular weight is 202 g/mol. The summed E-state index contributed by atoms with van der Waals surface area (Å²) in [5.74, 6) is 0. The predicted molar refractivity (Wildman–Crippen MR) is 63.5 cm³/mol. The summed E-state index contributed by atoms with van der Waals surface area (Å²) in [6.07, 6.45) is 0. The van der Waals surface area contributed by atoms with Gasteiger partial charge in [-0.05, 0) is 24.5 Å². The SMILES string of the molecule is CC(C)(C)C(C)(C#N)Nc1ccccc1. The van der Waals surface area contributed by atoms with Crippen LogP contribution in [0.2, 0.25) is 0 Å². The van der Waals surface area contributed by atoms with Gasteiger partial charge in [0.2, 0.25) is 0 Å². The van der Waals surface area contributed by atoms with Crippen molar-refractivity contribution in [2.45, 2.75) is 33.2 Å². The third-order valence-electron chi connectivity index (χ3n) is 2.89. The second-order valence-electron chi connectivity index (χ2n) is 4.98. The minimum Gasteiger partial charge on any atom is -0.367 e. The Morgan fingerprint density at radius 3 is 2.00 bits per heavy atom. The number of rotatable bonds is 2. The second kappa shape index (κ2) is 3.94. The minimum absolute atomic E-state index is 0.114. The average Bonchev–Trinajstić information content (AvgIpc) is 2.17. The molecular formula is C13H18N2. The molecule has 0 spiro atoms. The van der Waals surface area contributed by atoms with E-state index in [2.05, 4.69) is 32.2 Å². The lowest BCUT2D eigenvalue weighted by Crippen LogP contribution is -2.45. The fourth-order valence-corrected chi connectivity index (χ4v) is 1.19. The summed E-state index contributed by atoms with van der Waals surface area (Å²) in [7, 11) is 0. The van der Waals surface area contributed by atoms with Gasteiger partial charge in [-0.15, -0.1) is 0 Å². The van der Waals surface area contributed by atoms with Crippen LogP contribution in [-0.4, -0.2) is 5.54 Å². The molecule has 2 heteroatoms. The Morgan fingerprint density at radius 1 is 1.07 bits per heavy atom. The summed E-state index contributed by atoms with van der Waals surface area (Å²) in [6.45, 7) is 8.12. The first-order chi connectivity index (χ1) is 6.89. The van der Waals surface area contributed by atoms with Crippen LogP contribution in [0, 0.1) is 16.7 Å². The first kappa shape index (κ1) is 11.6. The predicted octanol–water partition coefficient (Wildman–Crippen LogP) is 3.43. The fraction of sp³-hybridized carbons (Fsp3) is 0.462. The molecule has 0 aromatic heterocycles. The van der Waals surface area contributed by atoms with Crippen LogP contribution < -0.4 is 5.32 Å². The van der Waals surface area contributed by atoms with Crippen molar-refractivity contribution in [3.8, 4) is 6.07 Å². The van der Waals surface area contributed by atoms with E-state index in [1.54, 1.807) is 0 Å². The zero-order valence-corrected chi connectivity index (χ0v) is 9.83. The summed E-state index contributed by atoms with van der Waals surface area (Å²) in [5.41, 5.74) is 0.308. The van der Waals surface area contributed by atoms with E-state index in [1.807, 2.05) is 37.3 Å². The molecule has 0 aliphatic carbocycles. The Labute approximate surface area is 91.9 Å². The van der Waals surface area contributed by atoms with Crippen LogP contribution >= 0.6 is 0 Å². The molecule has 80 valence electrons. The quantitative estimate of drug-likeness (QED) is 0.797. The maximum atomic E-state index is 9.27. The summed E-state index contributed by atoms with van der Waals surface area (Å²) in [5, 5.41) is 12.6. The molecule has 15 heavy (non-hydrogen) atoms. The van der Waals surface area contributed by atoms with E-state index in [1.165, 1.54) is 0 Å².